The molecule has 4 unspecified atom stereocenters. The van der Waals surface area contributed by atoms with Gasteiger partial charge in [-0.3, -0.25) is 19.2 Å². The average molecular weight is 548 g/mol. The SMILES string of the molecule is CSCCC(NC(=O)C(N)Cc1c[nH]c2ccccc12)C(=O)N1CCCC1C(=O)NC(CC(=O)O)C(=O)O. The van der Waals surface area contributed by atoms with Gasteiger partial charge in [0.1, 0.15) is 18.1 Å². The van der Waals surface area contributed by atoms with Crippen molar-refractivity contribution in [1.82, 2.24) is 20.5 Å². The van der Waals surface area contributed by atoms with Crippen LogP contribution < -0.4 is 16.4 Å². The summed E-state index contributed by atoms with van der Waals surface area (Å²) in [5, 5.41) is 24.1. The van der Waals surface area contributed by atoms with Crippen LogP contribution in [0.4, 0.5) is 0 Å². The molecule has 2 heterocycles. The number of thioether (sulfide) groups is 1. The van der Waals surface area contributed by atoms with Crippen molar-refractivity contribution >= 4 is 52.3 Å². The predicted molar refractivity (Wildman–Crippen MR) is 141 cm³/mol. The van der Waals surface area contributed by atoms with Gasteiger partial charge in [0.15, 0.2) is 0 Å². The summed E-state index contributed by atoms with van der Waals surface area (Å²) in [4.78, 5) is 66.1. The Morgan fingerprint density at radius 1 is 1.16 bits per heavy atom. The number of carboxylic acids is 2. The molecule has 3 amide bonds. The summed E-state index contributed by atoms with van der Waals surface area (Å²) in [5.41, 5.74) is 8.01. The van der Waals surface area contributed by atoms with Gasteiger partial charge in [-0.05, 0) is 49.3 Å². The standard InChI is InChI=1S/C25H33N5O7S/c1-38-10-8-18(28-22(33)16(26)11-14-13-27-17-6-3-2-5-15(14)17)24(35)30-9-4-7-20(30)23(34)29-19(25(36)37)12-21(31)32/h2-3,5-6,13,16,18-20,27H,4,7-12,26H2,1H3,(H,28,33)(H,29,34)(H,31,32)(H,36,37). The van der Waals surface area contributed by atoms with Crippen LogP contribution in [0.2, 0.25) is 0 Å². The van der Waals surface area contributed by atoms with E-state index in [2.05, 4.69) is 15.6 Å². The van der Waals surface area contributed by atoms with E-state index in [1.54, 1.807) is 6.20 Å². The van der Waals surface area contributed by atoms with E-state index in [9.17, 15) is 29.1 Å². The summed E-state index contributed by atoms with van der Waals surface area (Å²) in [7, 11) is 0. The lowest BCUT2D eigenvalue weighted by Crippen LogP contribution is -2.57. The molecule has 0 bridgehead atoms. The van der Waals surface area contributed by atoms with Gasteiger partial charge in [-0.15, -0.1) is 0 Å². The molecule has 1 aromatic carbocycles. The molecular formula is C25H33N5O7S. The van der Waals surface area contributed by atoms with Crippen LogP contribution in [-0.2, 0) is 30.4 Å². The number of H-pyrrole nitrogens is 1. The van der Waals surface area contributed by atoms with Crippen molar-refractivity contribution in [3.63, 3.8) is 0 Å². The molecule has 4 atom stereocenters. The second-order valence-electron chi connectivity index (χ2n) is 9.20. The highest BCUT2D eigenvalue weighted by atomic mass is 32.2. The van der Waals surface area contributed by atoms with Crippen LogP contribution in [0.15, 0.2) is 30.5 Å². The van der Waals surface area contributed by atoms with Gasteiger partial charge in [-0.1, -0.05) is 18.2 Å². The minimum absolute atomic E-state index is 0.251. The van der Waals surface area contributed by atoms with Gasteiger partial charge in [-0.25, -0.2) is 4.79 Å². The number of fused-ring (bicyclic) bond motifs is 1. The van der Waals surface area contributed by atoms with Crippen molar-refractivity contribution in [2.45, 2.75) is 56.3 Å². The normalized spacial score (nSPS) is 17.5. The predicted octanol–water partition coefficient (Wildman–Crippen LogP) is 0.311. The number of amides is 3. The van der Waals surface area contributed by atoms with E-state index >= 15 is 0 Å². The largest absolute Gasteiger partial charge is 0.481 e. The third kappa shape index (κ3) is 7.25. The van der Waals surface area contributed by atoms with Gasteiger partial charge < -0.3 is 36.5 Å². The maximum atomic E-state index is 13.5. The lowest BCUT2D eigenvalue weighted by Gasteiger charge is -2.30. The summed E-state index contributed by atoms with van der Waals surface area (Å²) >= 11 is 1.50. The minimum Gasteiger partial charge on any atom is -0.481 e. The van der Waals surface area contributed by atoms with E-state index in [1.807, 2.05) is 30.5 Å². The monoisotopic (exact) mass is 547 g/mol. The smallest absolute Gasteiger partial charge is 0.326 e. The van der Waals surface area contributed by atoms with Gasteiger partial charge in [-0.2, -0.15) is 11.8 Å². The van der Waals surface area contributed by atoms with Gasteiger partial charge in [0.25, 0.3) is 0 Å². The molecule has 7 N–H and O–H groups in total. The number of carbonyl (C=O) groups excluding carboxylic acids is 3. The number of aromatic nitrogens is 1. The molecule has 1 aromatic heterocycles. The number of nitrogens with one attached hydrogen (secondary N) is 3. The van der Waals surface area contributed by atoms with Gasteiger partial charge in [0.05, 0.1) is 12.5 Å². The number of benzene rings is 1. The van der Waals surface area contributed by atoms with Crippen molar-refractivity contribution in [2.75, 3.05) is 18.6 Å². The molecule has 3 rings (SSSR count). The molecule has 0 saturated carbocycles. The summed E-state index contributed by atoms with van der Waals surface area (Å²) in [6.07, 6.45) is 4.25. The van der Waals surface area contributed by atoms with Crippen molar-refractivity contribution in [1.29, 1.82) is 0 Å². The van der Waals surface area contributed by atoms with Crippen LogP contribution in [0.5, 0.6) is 0 Å². The zero-order valence-electron chi connectivity index (χ0n) is 21.0. The van der Waals surface area contributed by atoms with Crippen LogP contribution >= 0.6 is 11.8 Å². The van der Waals surface area contributed by atoms with Crippen LogP contribution in [0, 0.1) is 0 Å². The molecule has 1 fully saturated rings. The zero-order chi connectivity index (χ0) is 27.8. The van der Waals surface area contributed by atoms with E-state index in [0.717, 1.165) is 16.5 Å². The Labute approximate surface area is 223 Å². The molecule has 0 aliphatic carbocycles. The Morgan fingerprint density at radius 3 is 2.58 bits per heavy atom. The van der Waals surface area contributed by atoms with Crippen LogP contribution in [0.1, 0.15) is 31.2 Å². The molecule has 206 valence electrons. The summed E-state index contributed by atoms with van der Waals surface area (Å²) in [5.74, 6) is -3.99. The number of aromatic amines is 1. The minimum atomic E-state index is -1.62. The van der Waals surface area contributed by atoms with Crippen LogP contribution in [-0.4, -0.2) is 92.5 Å². The molecule has 0 spiro atoms. The van der Waals surface area contributed by atoms with E-state index in [1.165, 1.54) is 16.7 Å². The number of nitrogens with two attached hydrogens (primary N) is 1. The molecular weight excluding hydrogens is 514 g/mol. The fourth-order valence-electron chi connectivity index (χ4n) is 4.55. The van der Waals surface area contributed by atoms with Gasteiger partial charge >= 0.3 is 11.9 Å². The van der Waals surface area contributed by atoms with E-state index < -0.39 is 60.2 Å². The number of aliphatic carboxylic acids is 2. The number of carbonyl (C=O) groups is 5. The Morgan fingerprint density at radius 2 is 1.89 bits per heavy atom. The molecule has 12 nitrogen and oxygen atoms in total. The summed E-state index contributed by atoms with van der Waals surface area (Å²) < 4.78 is 0. The van der Waals surface area contributed by atoms with Crippen molar-refractivity contribution in [3.8, 4) is 0 Å². The number of para-hydroxylation sites is 1. The Hall–Kier alpha value is -3.58. The number of carboxylic acid groups (broad SMARTS) is 2. The molecule has 1 saturated heterocycles. The highest BCUT2D eigenvalue weighted by Gasteiger charge is 2.39. The molecule has 38 heavy (non-hydrogen) atoms. The fraction of sp³-hybridized carbons (Fsp3) is 0.480. The molecule has 1 aliphatic heterocycles. The molecule has 13 heteroatoms. The second-order valence-corrected chi connectivity index (χ2v) is 10.2. The van der Waals surface area contributed by atoms with E-state index in [-0.39, 0.29) is 13.0 Å². The maximum Gasteiger partial charge on any atom is 0.326 e. The first-order valence-electron chi connectivity index (χ1n) is 12.3. The van der Waals surface area contributed by atoms with Gasteiger partial charge in [0, 0.05) is 23.6 Å². The molecule has 0 radical (unpaired) electrons. The summed E-state index contributed by atoms with van der Waals surface area (Å²) in [6, 6.07) is 3.22. The van der Waals surface area contributed by atoms with Crippen molar-refractivity contribution in [3.05, 3.63) is 36.0 Å². The second kappa shape index (κ2) is 13.3. The van der Waals surface area contributed by atoms with Crippen molar-refractivity contribution in [2.24, 2.45) is 5.73 Å². The third-order valence-electron chi connectivity index (χ3n) is 6.51. The Kier molecular flexibility index (Phi) is 10.1. The van der Waals surface area contributed by atoms with E-state index in [4.69, 9.17) is 10.8 Å². The number of hydrogen-bond acceptors (Lipinski definition) is 7. The zero-order valence-corrected chi connectivity index (χ0v) is 21.8. The quantitative estimate of drug-likeness (QED) is 0.205. The maximum absolute atomic E-state index is 13.5. The average Bonchev–Trinajstić information content (AvgIpc) is 3.53. The molecule has 2 aromatic rings. The number of hydrogen-bond donors (Lipinski definition) is 6. The third-order valence-corrected chi connectivity index (χ3v) is 7.15. The topological polar surface area (TPSA) is 195 Å². The van der Waals surface area contributed by atoms with E-state index in [0.29, 0.717) is 25.0 Å². The molecule has 1 aliphatic rings. The number of nitrogens with zero attached hydrogens (tertiary/aromatic N) is 1. The first-order valence-corrected chi connectivity index (χ1v) is 13.7. The summed E-state index contributed by atoms with van der Waals surface area (Å²) in [6.45, 7) is 0.251. The Balaban J connectivity index is 1.68. The fourth-order valence-corrected chi connectivity index (χ4v) is 5.02. The van der Waals surface area contributed by atoms with Gasteiger partial charge in [0.2, 0.25) is 17.7 Å². The highest BCUT2D eigenvalue weighted by molar-refractivity contribution is 7.98. The lowest BCUT2D eigenvalue weighted by molar-refractivity contribution is -0.148. The Bertz CT molecular complexity index is 1190. The lowest BCUT2D eigenvalue weighted by atomic mass is 10.0. The number of likely N-dealkylation sites (tertiary alicyclic amines) is 1. The first-order chi connectivity index (χ1) is 18.1. The van der Waals surface area contributed by atoms with Crippen molar-refractivity contribution < 1.29 is 34.2 Å². The van der Waals surface area contributed by atoms with Crippen LogP contribution in [0.25, 0.3) is 10.9 Å². The first kappa shape index (κ1) is 29.0. The van der Waals surface area contributed by atoms with Crippen LogP contribution in [0.3, 0.4) is 0 Å². The number of rotatable bonds is 13. The highest BCUT2D eigenvalue weighted by Crippen LogP contribution is 2.21.